The molecule has 0 saturated heterocycles. The number of nitrogens with zero attached hydrogens (tertiary/aromatic N) is 2. The molecule has 0 bridgehead atoms. The molecule has 0 atom stereocenters. The molecule has 0 radical (unpaired) electrons. The molecule has 1 heterocycles. The van der Waals surface area contributed by atoms with Crippen molar-refractivity contribution in [1.82, 2.24) is 15.1 Å². The van der Waals surface area contributed by atoms with Crippen molar-refractivity contribution >= 4 is 11.9 Å². The smallest absolute Gasteiger partial charge is 0.347 e. The lowest BCUT2D eigenvalue weighted by atomic mass is 9.86. The Labute approximate surface area is 242 Å². The van der Waals surface area contributed by atoms with Gasteiger partial charge in [0.1, 0.15) is 11.4 Å². The minimum Gasteiger partial charge on any atom is -0.478 e. The van der Waals surface area contributed by atoms with Crippen molar-refractivity contribution < 1.29 is 19.4 Å². The van der Waals surface area contributed by atoms with Crippen LogP contribution in [-0.2, 0) is 29.7 Å². The van der Waals surface area contributed by atoms with E-state index in [0.29, 0.717) is 18.0 Å². The molecule has 0 fully saturated rings. The van der Waals surface area contributed by atoms with Crippen molar-refractivity contribution in [3.8, 4) is 17.0 Å². The third-order valence-corrected chi connectivity index (χ3v) is 7.10. The van der Waals surface area contributed by atoms with Gasteiger partial charge in [-0.25, -0.2) is 4.79 Å². The summed E-state index contributed by atoms with van der Waals surface area (Å²) >= 11 is 0. The van der Waals surface area contributed by atoms with Crippen LogP contribution in [0.3, 0.4) is 0 Å². The molecule has 1 aromatic heterocycles. The van der Waals surface area contributed by atoms with Crippen LogP contribution in [0.5, 0.6) is 5.75 Å². The largest absolute Gasteiger partial charge is 0.478 e. The Morgan fingerprint density at radius 3 is 2.22 bits per heavy atom. The van der Waals surface area contributed by atoms with Crippen LogP contribution in [-0.4, -0.2) is 32.4 Å². The second-order valence-corrected chi connectivity index (χ2v) is 11.9. The van der Waals surface area contributed by atoms with Crippen molar-refractivity contribution in [2.45, 2.75) is 72.1 Å². The second kappa shape index (κ2) is 12.0. The average molecular weight is 554 g/mol. The summed E-state index contributed by atoms with van der Waals surface area (Å²) in [5.74, 6) is -0.821. The molecule has 0 aliphatic rings. The highest BCUT2D eigenvalue weighted by molar-refractivity contribution is 5.93. The monoisotopic (exact) mass is 553 g/mol. The van der Waals surface area contributed by atoms with E-state index >= 15 is 0 Å². The molecule has 4 aromatic rings. The zero-order valence-corrected chi connectivity index (χ0v) is 24.7. The van der Waals surface area contributed by atoms with Gasteiger partial charge in [0.25, 0.3) is 5.91 Å². The molecule has 1 amide bonds. The van der Waals surface area contributed by atoms with Crippen LogP contribution in [0.15, 0.2) is 78.9 Å². The van der Waals surface area contributed by atoms with Crippen molar-refractivity contribution in [2.24, 2.45) is 0 Å². The number of hydrogen-bond donors (Lipinski definition) is 2. The fourth-order valence-corrected chi connectivity index (χ4v) is 4.39. The molecule has 3 aromatic carbocycles. The van der Waals surface area contributed by atoms with Gasteiger partial charge in [-0.05, 0) is 67.0 Å². The summed E-state index contributed by atoms with van der Waals surface area (Å²) in [6.45, 7) is 12.2. The number of aromatic nitrogens is 2. The van der Waals surface area contributed by atoms with Gasteiger partial charge in [0, 0.05) is 18.7 Å². The number of hydrogen-bond acceptors (Lipinski definition) is 4. The van der Waals surface area contributed by atoms with Crippen LogP contribution >= 0.6 is 0 Å². The Kier molecular flexibility index (Phi) is 8.66. The highest BCUT2D eigenvalue weighted by Gasteiger charge is 2.30. The maximum absolute atomic E-state index is 13.5. The van der Waals surface area contributed by atoms with E-state index in [2.05, 4.69) is 62.5 Å². The minimum atomic E-state index is -1.38. The summed E-state index contributed by atoms with van der Waals surface area (Å²) in [4.78, 5) is 25.0. The van der Waals surface area contributed by atoms with Gasteiger partial charge < -0.3 is 15.2 Å². The van der Waals surface area contributed by atoms with Gasteiger partial charge in [0.05, 0.1) is 5.69 Å². The number of ether oxygens (including phenoxy) is 1. The zero-order valence-electron chi connectivity index (χ0n) is 24.7. The molecule has 0 saturated carbocycles. The first-order chi connectivity index (χ1) is 19.3. The van der Waals surface area contributed by atoms with Crippen LogP contribution < -0.4 is 10.1 Å². The summed E-state index contributed by atoms with van der Waals surface area (Å²) < 4.78 is 7.55. The van der Waals surface area contributed by atoms with E-state index in [1.165, 1.54) is 25.0 Å². The number of amides is 1. The predicted molar refractivity (Wildman–Crippen MR) is 161 cm³/mol. The quantitative estimate of drug-likeness (QED) is 0.232. The highest BCUT2D eigenvalue weighted by Crippen LogP contribution is 2.27. The molecule has 2 N–H and O–H groups in total. The number of carbonyl (C=O) groups is 2. The molecule has 41 heavy (non-hydrogen) atoms. The zero-order chi connectivity index (χ0) is 29.8. The van der Waals surface area contributed by atoms with E-state index in [0.717, 1.165) is 28.8 Å². The van der Waals surface area contributed by atoms with Crippen LogP contribution in [0.4, 0.5) is 0 Å². The highest BCUT2D eigenvalue weighted by atomic mass is 16.5. The molecular weight excluding hydrogens is 514 g/mol. The first-order valence-electron chi connectivity index (χ1n) is 13.9. The van der Waals surface area contributed by atoms with Gasteiger partial charge in [-0.15, -0.1) is 0 Å². The lowest BCUT2D eigenvalue weighted by molar-refractivity contribution is -0.152. The van der Waals surface area contributed by atoms with E-state index in [9.17, 15) is 14.7 Å². The van der Waals surface area contributed by atoms with Crippen molar-refractivity contribution in [3.63, 3.8) is 0 Å². The summed E-state index contributed by atoms with van der Waals surface area (Å²) in [6.07, 6.45) is 0.739. The summed E-state index contributed by atoms with van der Waals surface area (Å²) in [5, 5.41) is 17.3. The fraction of sp³-hybridized carbons (Fsp3) is 0.324. The van der Waals surface area contributed by atoms with Crippen LogP contribution in [0.25, 0.3) is 11.3 Å². The molecule has 4 rings (SSSR count). The van der Waals surface area contributed by atoms with E-state index in [-0.39, 0.29) is 17.9 Å². The van der Waals surface area contributed by atoms with Gasteiger partial charge in [-0.2, -0.15) is 5.10 Å². The van der Waals surface area contributed by atoms with Crippen LogP contribution in [0.2, 0.25) is 0 Å². The Hall–Kier alpha value is -4.39. The lowest BCUT2D eigenvalue weighted by Gasteiger charge is -2.23. The van der Waals surface area contributed by atoms with Crippen molar-refractivity contribution in [2.75, 3.05) is 0 Å². The maximum atomic E-state index is 13.5. The SMILES string of the molecule is Cc1ccc(CNC(=O)c2cc(-c3ccc(C(C)(C)C)cc3)nn2CCc2ccccc2)cc1OC(C)(C)C(=O)O. The van der Waals surface area contributed by atoms with Crippen molar-refractivity contribution in [3.05, 3.63) is 107 Å². The van der Waals surface area contributed by atoms with Crippen molar-refractivity contribution in [1.29, 1.82) is 0 Å². The molecule has 0 aliphatic heterocycles. The lowest BCUT2D eigenvalue weighted by Crippen LogP contribution is -2.38. The number of carboxylic acids is 1. The van der Waals surface area contributed by atoms with Gasteiger partial charge in [0.15, 0.2) is 5.60 Å². The van der Waals surface area contributed by atoms with Crippen LogP contribution in [0.1, 0.15) is 67.4 Å². The first kappa shape index (κ1) is 29.6. The second-order valence-electron chi connectivity index (χ2n) is 11.9. The third kappa shape index (κ3) is 7.42. The number of nitrogens with one attached hydrogen (secondary N) is 1. The molecule has 214 valence electrons. The van der Waals surface area contributed by atoms with Gasteiger partial charge >= 0.3 is 5.97 Å². The molecule has 7 heteroatoms. The van der Waals surface area contributed by atoms with E-state index in [1.54, 1.807) is 10.7 Å². The third-order valence-electron chi connectivity index (χ3n) is 7.10. The summed E-state index contributed by atoms with van der Waals surface area (Å²) in [6, 6.07) is 25.8. The predicted octanol–water partition coefficient (Wildman–Crippen LogP) is 6.57. The Balaban J connectivity index is 1.56. The van der Waals surface area contributed by atoms with Gasteiger partial charge in [0.2, 0.25) is 0 Å². The van der Waals surface area contributed by atoms with E-state index in [1.807, 2.05) is 43.3 Å². The molecule has 0 aliphatic carbocycles. The molecule has 7 nitrogen and oxygen atoms in total. The Morgan fingerprint density at radius 2 is 1.59 bits per heavy atom. The van der Waals surface area contributed by atoms with Gasteiger partial charge in [-0.1, -0.05) is 87.5 Å². The maximum Gasteiger partial charge on any atom is 0.347 e. The van der Waals surface area contributed by atoms with Gasteiger partial charge in [-0.3, -0.25) is 9.48 Å². The Bertz CT molecular complexity index is 1510. The number of benzene rings is 3. The minimum absolute atomic E-state index is 0.0445. The van der Waals surface area contributed by atoms with E-state index < -0.39 is 11.6 Å². The number of carbonyl (C=O) groups excluding carboxylic acids is 1. The first-order valence-corrected chi connectivity index (χ1v) is 13.9. The normalized spacial score (nSPS) is 11.8. The standard InChI is InChI=1S/C34H39N3O4/c1-23-12-13-25(20-30(23)41-34(5,6)32(39)40)22-35-31(38)29-21-28(26-14-16-27(17-15-26)33(2,3)4)36-37(29)19-18-24-10-8-7-9-11-24/h7-17,20-21H,18-19,22H2,1-6H3,(H,35,38)(H,39,40). The average Bonchev–Trinajstić information content (AvgIpc) is 3.36. The Morgan fingerprint density at radius 1 is 0.902 bits per heavy atom. The molecule has 0 spiro atoms. The molecular formula is C34H39N3O4. The number of aryl methyl sites for hydroxylation is 3. The topological polar surface area (TPSA) is 93.5 Å². The summed E-state index contributed by atoms with van der Waals surface area (Å²) in [7, 11) is 0. The fourth-order valence-electron chi connectivity index (χ4n) is 4.39. The number of aliphatic carboxylic acids is 1. The van der Waals surface area contributed by atoms with E-state index in [4.69, 9.17) is 9.84 Å². The molecule has 0 unspecified atom stereocenters. The van der Waals surface area contributed by atoms with Crippen LogP contribution in [0, 0.1) is 6.92 Å². The number of carboxylic acid groups (broad SMARTS) is 1. The number of rotatable bonds is 10. The summed E-state index contributed by atoms with van der Waals surface area (Å²) in [5.41, 5.74) is 4.85.